The first-order chi connectivity index (χ1) is 9.60. The van der Waals surface area contributed by atoms with Gasteiger partial charge in [-0.15, -0.1) is 0 Å². The first kappa shape index (κ1) is 14.3. The maximum atomic E-state index is 11.0. The van der Waals surface area contributed by atoms with Gasteiger partial charge >= 0.3 is 0 Å². The Morgan fingerprint density at radius 1 is 1.40 bits per heavy atom. The molecule has 0 saturated heterocycles. The van der Waals surface area contributed by atoms with Crippen LogP contribution in [0.4, 0.5) is 0 Å². The number of amides is 1. The van der Waals surface area contributed by atoms with Crippen molar-refractivity contribution >= 4 is 5.91 Å². The topological polar surface area (TPSA) is 81.1 Å². The monoisotopic (exact) mass is 273 g/mol. The minimum Gasteiger partial charge on any atom is -0.394 e. The van der Waals surface area contributed by atoms with Crippen LogP contribution in [0.15, 0.2) is 36.8 Å². The molecule has 2 aromatic rings. The third-order valence-electron chi connectivity index (χ3n) is 3.37. The number of benzene rings is 1. The van der Waals surface area contributed by atoms with Crippen LogP contribution in [0.25, 0.3) is 0 Å². The molecule has 1 heterocycles. The van der Waals surface area contributed by atoms with E-state index in [9.17, 15) is 9.90 Å². The van der Waals surface area contributed by atoms with Crippen molar-refractivity contribution in [2.45, 2.75) is 25.8 Å². The number of hydrogen-bond donors (Lipinski definition) is 2. The van der Waals surface area contributed by atoms with Crippen LogP contribution in [0, 0.1) is 6.92 Å². The van der Waals surface area contributed by atoms with E-state index in [4.69, 9.17) is 5.73 Å². The van der Waals surface area contributed by atoms with E-state index < -0.39 is 5.91 Å². The Balaban J connectivity index is 2.01. The van der Waals surface area contributed by atoms with Crippen molar-refractivity contribution in [3.8, 4) is 0 Å². The van der Waals surface area contributed by atoms with Crippen molar-refractivity contribution in [1.29, 1.82) is 0 Å². The molecule has 106 valence electrons. The highest BCUT2D eigenvalue weighted by atomic mass is 16.3. The molecule has 0 radical (unpaired) electrons. The lowest BCUT2D eigenvalue weighted by Gasteiger charge is -2.15. The number of carbonyl (C=O) groups excluding carboxylic acids is 1. The van der Waals surface area contributed by atoms with E-state index in [2.05, 4.69) is 36.2 Å². The molecule has 0 bridgehead atoms. The lowest BCUT2D eigenvalue weighted by Crippen LogP contribution is -2.14. The molecule has 0 saturated carbocycles. The summed E-state index contributed by atoms with van der Waals surface area (Å²) in [5.41, 5.74) is 7.85. The SMILES string of the molecule is Cc1ccc(CCC(CO)n2cnc(C(N)=O)c2)cc1. The van der Waals surface area contributed by atoms with Crippen LogP contribution in [0.1, 0.15) is 34.1 Å². The summed E-state index contributed by atoms with van der Waals surface area (Å²) < 4.78 is 1.74. The molecule has 1 unspecified atom stereocenters. The second-order valence-corrected chi connectivity index (χ2v) is 4.93. The highest BCUT2D eigenvalue weighted by Crippen LogP contribution is 2.16. The van der Waals surface area contributed by atoms with Crippen LogP contribution in [0.5, 0.6) is 0 Å². The maximum absolute atomic E-state index is 11.0. The Labute approximate surface area is 118 Å². The lowest BCUT2D eigenvalue weighted by molar-refractivity contribution is 0.0995. The number of imidazole rings is 1. The van der Waals surface area contributed by atoms with Crippen LogP contribution < -0.4 is 5.73 Å². The zero-order valence-corrected chi connectivity index (χ0v) is 11.5. The maximum Gasteiger partial charge on any atom is 0.268 e. The number of aromatic nitrogens is 2. The van der Waals surface area contributed by atoms with Gasteiger partial charge in [-0.2, -0.15) is 0 Å². The minimum absolute atomic E-state index is 0.000420. The average Bonchev–Trinajstić information content (AvgIpc) is 2.91. The van der Waals surface area contributed by atoms with Gasteiger partial charge in [0.1, 0.15) is 5.69 Å². The summed E-state index contributed by atoms with van der Waals surface area (Å²) in [5.74, 6) is -0.557. The molecular formula is C15H19N3O2. The van der Waals surface area contributed by atoms with E-state index in [1.54, 1.807) is 10.8 Å². The van der Waals surface area contributed by atoms with Gasteiger partial charge in [0.05, 0.1) is 19.0 Å². The van der Waals surface area contributed by atoms with Crippen LogP contribution in [0.2, 0.25) is 0 Å². The Bertz CT molecular complexity index is 575. The molecule has 1 atom stereocenters. The fourth-order valence-corrected chi connectivity index (χ4v) is 2.09. The van der Waals surface area contributed by atoms with Gasteiger partial charge in [-0.3, -0.25) is 4.79 Å². The largest absolute Gasteiger partial charge is 0.394 e. The van der Waals surface area contributed by atoms with E-state index in [0.29, 0.717) is 0 Å². The predicted molar refractivity (Wildman–Crippen MR) is 76.4 cm³/mol. The third kappa shape index (κ3) is 3.45. The van der Waals surface area contributed by atoms with Crippen molar-refractivity contribution < 1.29 is 9.90 Å². The Morgan fingerprint density at radius 2 is 2.10 bits per heavy atom. The summed E-state index contributed by atoms with van der Waals surface area (Å²) in [4.78, 5) is 14.9. The summed E-state index contributed by atoms with van der Waals surface area (Å²) >= 11 is 0. The van der Waals surface area contributed by atoms with Gasteiger partial charge in [-0.25, -0.2) is 4.98 Å². The van der Waals surface area contributed by atoms with E-state index in [1.807, 2.05) is 0 Å². The van der Waals surface area contributed by atoms with Crippen LogP contribution in [0.3, 0.4) is 0 Å². The summed E-state index contributed by atoms with van der Waals surface area (Å²) in [5, 5.41) is 9.48. The normalized spacial score (nSPS) is 12.3. The number of hydrogen-bond acceptors (Lipinski definition) is 3. The Kier molecular flexibility index (Phi) is 4.53. The van der Waals surface area contributed by atoms with Crippen molar-refractivity contribution in [3.05, 3.63) is 53.6 Å². The number of aliphatic hydroxyl groups is 1. The van der Waals surface area contributed by atoms with Crippen molar-refractivity contribution in [1.82, 2.24) is 9.55 Å². The van der Waals surface area contributed by atoms with Crippen LogP contribution in [-0.2, 0) is 6.42 Å². The molecule has 2 rings (SSSR count). The van der Waals surface area contributed by atoms with Gasteiger partial charge in [-0.1, -0.05) is 29.8 Å². The molecule has 0 aliphatic rings. The Morgan fingerprint density at radius 3 is 2.65 bits per heavy atom. The highest BCUT2D eigenvalue weighted by Gasteiger charge is 2.12. The van der Waals surface area contributed by atoms with Crippen molar-refractivity contribution in [3.63, 3.8) is 0 Å². The number of primary amides is 1. The zero-order valence-electron chi connectivity index (χ0n) is 11.5. The number of carbonyl (C=O) groups is 1. The summed E-state index contributed by atoms with van der Waals surface area (Å²) in [6.07, 6.45) is 4.75. The number of nitrogens with two attached hydrogens (primary N) is 1. The molecule has 3 N–H and O–H groups in total. The van der Waals surface area contributed by atoms with Gasteiger partial charge < -0.3 is 15.4 Å². The van der Waals surface area contributed by atoms with Gasteiger partial charge in [-0.05, 0) is 25.3 Å². The van der Waals surface area contributed by atoms with Crippen LogP contribution >= 0.6 is 0 Å². The summed E-state index contributed by atoms with van der Waals surface area (Å²) in [7, 11) is 0. The molecule has 0 aliphatic heterocycles. The molecule has 0 aliphatic carbocycles. The Hall–Kier alpha value is -2.14. The minimum atomic E-state index is -0.557. The molecule has 0 spiro atoms. The van der Waals surface area contributed by atoms with Gasteiger partial charge in [0.2, 0.25) is 0 Å². The molecular weight excluding hydrogens is 254 g/mol. The van der Waals surface area contributed by atoms with Crippen molar-refractivity contribution in [2.75, 3.05) is 6.61 Å². The predicted octanol–water partition coefficient (Wildman–Crippen LogP) is 1.46. The second kappa shape index (κ2) is 6.34. The van der Waals surface area contributed by atoms with Gasteiger partial charge in [0.15, 0.2) is 0 Å². The van der Waals surface area contributed by atoms with E-state index in [1.165, 1.54) is 17.5 Å². The van der Waals surface area contributed by atoms with Gasteiger partial charge in [0, 0.05) is 6.20 Å². The molecule has 1 aromatic heterocycles. The number of rotatable bonds is 6. The fourth-order valence-electron chi connectivity index (χ4n) is 2.09. The summed E-state index contributed by atoms with van der Waals surface area (Å²) in [6.45, 7) is 2.05. The smallest absolute Gasteiger partial charge is 0.268 e. The lowest BCUT2D eigenvalue weighted by atomic mass is 10.0. The standard InChI is InChI=1S/C15H19N3O2/c1-11-2-4-12(5-3-11)6-7-13(9-19)18-8-14(15(16)20)17-10-18/h2-5,8,10,13,19H,6-7,9H2,1H3,(H2,16,20). The van der Waals surface area contributed by atoms with Crippen molar-refractivity contribution in [2.24, 2.45) is 5.73 Å². The zero-order chi connectivity index (χ0) is 14.5. The third-order valence-corrected chi connectivity index (χ3v) is 3.37. The number of nitrogens with zero attached hydrogens (tertiary/aromatic N) is 2. The first-order valence-electron chi connectivity index (χ1n) is 6.60. The first-order valence-corrected chi connectivity index (χ1v) is 6.60. The summed E-state index contributed by atoms with van der Waals surface area (Å²) in [6, 6.07) is 8.23. The van der Waals surface area contributed by atoms with Gasteiger partial charge in [0.25, 0.3) is 5.91 Å². The fraction of sp³-hybridized carbons (Fsp3) is 0.333. The molecule has 5 nitrogen and oxygen atoms in total. The van der Waals surface area contributed by atoms with E-state index in [0.717, 1.165) is 12.8 Å². The number of aliphatic hydroxyl groups excluding tert-OH is 1. The molecule has 20 heavy (non-hydrogen) atoms. The molecule has 0 fully saturated rings. The second-order valence-electron chi connectivity index (χ2n) is 4.93. The average molecular weight is 273 g/mol. The molecule has 1 aromatic carbocycles. The van der Waals surface area contributed by atoms with E-state index in [-0.39, 0.29) is 18.3 Å². The van der Waals surface area contributed by atoms with Crippen LogP contribution in [-0.4, -0.2) is 27.2 Å². The number of aryl methyl sites for hydroxylation is 2. The molecule has 1 amide bonds. The molecule has 5 heteroatoms. The van der Waals surface area contributed by atoms with E-state index >= 15 is 0 Å². The quantitative estimate of drug-likeness (QED) is 0.836. The highest BCUT2D eigenvalue weighted by molar-refractivity contribution is 5.90.